The predicted octanol–water partition coefficient (Wildman–Crippen LogP) is 0.441. The molecule has 1 aromatic rings. The quantitative estimate of drug-likeness (QED) is 0.516. The first-order chi connectivity index (χ1) is 8.88. The molecule has 4 N–H and O–H groups in total. The van der Waals surface area contributed by atoms with Crippen LogP contribution in [0.15, 0.2) is 0 Å². The molecule has 0 bridgehead atoms. The van der Waals surface area contributed by atoms with Gasteiger partial charge in [-0.25, -0.2) is 8.78 Å². The third-order valence-electron chi connectivity index (χ3n) is 2.73. The van der Waals surface area contributed by atoms with Crippen molar-refractivity contribution < 1.29 is 13.9 Å². The van der Waals surface area contributed by atoms with E-state index in [2.05, 4.69) is 10.2 Å². The molecule has 0 aliphatic heterocycles. The van der Waals surface area contributed by atoms with Crippen molar-refractivity contribution in [2.24, 2.45) is 5.73 Å². The number of nitrogens with zero attached hydrogens (tertiary/aromatic N) is 3. The summed E-state index contributed by atoms with van der Waals surface area (Å²) in [5.41, 5.74) is 6.97. The molecule has 0 fully saturated rings. The van der Waals surface area contributed by atoms with Gasteiger partial charge in [-0.3, -0.25) is 5.41 Å². The summed E-state index contributed by atoms with van der Waals surface area (Å²) in [7, 11) is 0. The number of aryl methyl sites for hydroxylation is 1. The Kier molecular flexibility index (Phi) is 5.11. The van der Waals surface area contributed by atoms with Crippen LogP contribution in [0.4, 0.5) is 14.6 Å². The van der Waals surface area contributed by atoms with Gasteiger partial charge in [-0.15, -0.1) is 5.10 Å². The largest absolute Gasteiger partial charge is 0.395 e. The smallest absolute Gasteiger partial charge is 0.255 e. The zero-order valence-corrected chi connectivity index (χ0v) is 10.8. The van der Waals surface area contributed by atoms with E-state index in [0.29, 0.717) is 11.3 Å². The predicted molar refractivity (Wildman–Crippen MR) is 67.8 cm³/mol. The summed E-state index contributed by atoms with van der Waals surface area (Å²) in [4.78, 5) is 1.18. The van der Waals surface area contributed by atoms with Gasteiger partial charge in [0.05, 0.1) is 24.4 Å². The van der Waals surface area contributed by atoms with Crippen LogP contribution >= 0.6 is 0 Å². The van der Waals surface area contributed by atoms with Gasteiger partial charge in [0, 0.05) is 6.54 Å². The molecule has 0 atom stereocenters. The van der Waals surface area contributed by atoms with Crippen molar-refractivity contribution in [3.05, 3.63) is 16.8 Å². The van der Waals surface area contributed by atoms with Crippen LogP contribution in [0.3, 0.4) is 0 Å². The van der Waals surface area contributed by atoms with Gasteiger partial charge < -0.3 is 15.7 Å². The Hall–Kier alpha value is -1.83. The number of aromatic nitrogens is 2. The van der Waals surface area contributed by atoms with E-state index in [1.165, 1.54) is 4.90 Å². The number of amidine groups is 1. The molecular weight excluding hydrogens is 256 g/mol. The summed E-state index contributed by atoms with van der Waals surface area (Å²) >= 11 is 0. The van der Waals surface area contributed by atoms with E-state index < -0.39 is 13.0 Å². The highest BCUT2D eigenvalue weighted by Crippen LogP contribution is 2.22. The van der Waals surface area contributed by atoms with Crippen LogP contribution in [0.2, 0.25) is 0 Å². The Morgan fingerprint density at radius 2 is 2.05 bits per heavy atom. The van der Waals surface area contributed by atoms with Crippen LogP contribution in [-0.2, 0) is 0 Å². The number of aliphatic hydroxyl groups is 1. The molecule has 0 aliphatic carbocycles. The zero-order valence-electron chi connectivity index (χ0n) is 10.8. The molecule has 19 heavy (non-hydrogen) atoms. The number of rotatable bonds is 6. The van der Waals surface area contributed by atoms with E-state index in [1.807, 2.05) is 0 Å². The summed E-state index contributed by atoms with van der Waals surface area (Å²) in [6, 6.07) is 0. The van der Waals surface area contributed by atoms with Crippen molar-refractivity contribution >= 4 is 11.7 Å². The van der Waals surface area contributed by atoms with Crippen LogP contribution in [-0.4, -0.2) is 47.3 Å². The van der Waals surface area contributed by atoms with Gasteiger partial charge in [0.2, 0.25) is 0 Å². The number of nitrogens with two attached hydrogens (primary N) is 1. The lowest BCUT2D eigenvalue weighted by Gasteiger charge is -2.25. The summed E-state index contributed by atoms with van der Waals surface area (Å²) < 4.78 is 25.1. The molecule has 0 aliphatic rings. The molecule has 6 nitrogen and oxygen atoms in total. The number of halogens is 2. The van der Waals surface area contributed by atoms with Gasteiger partial charge >= 0.3 is 0 Å². The molecule has 0 saturated carbocycles. The van der Waals surface area contributed by atoms with Crippen LogP contribution in [0.1, 0.15) is 16.8 Å². The third kappa shape index (κ3) is 3.57. The SMILES string of the molecule is Cc1nnc(N(CCO)CC(F)F)c(C(=N)N)c1C. The van der Waals surface area contributed by atoms with Gasteiger partial charge in [-0.05, 0) is 19.4 Å². The summed E-state index contributed by atoms with van der Waals surface area (Å²) in [6.07, 6.45) is -2.59. The first kappa shape index (κ1) is 15.2. The minimum atomic E-state index is -2.59. The molecule has 1 heterocycles. The lowest BCUT2D eigenvalue weighted by atomic mass is 10.1. The maximum absolute atomic E-state index is 12.6. The van der Waals surface area contributed by atoms with Gasteiger partial charge in [0.15, 0.2) is 5.82 Å². The molecule has 106 valence electrons. The number of anilines is 1. The summed E-state index contributed by atoms with van der Waals surface area (Å²) in [5.74, 6) is -0.160. The van der Waals surface area contributed by atoms with Gasteiger partial charge in [0.25, 0.3) is 6.43 Å². The van der Waals surface area contributed by atoms with Crippen molar-refractivity contribution in [1.82, 2.24) is 10.2 Å². The van der Waals surface area contributed by atoms with Crippen LogP contribution in [0.5, 0.6) is 0 Å². The Bertz CT molecular complexity index is 467. The first-order valence-corrected chi connectivity index (χ1v) is 5.70. The molecular formula is C11H17F2N5O. The second kappa shape index (κ2) is 6.37. The molecule has 0 saturated heterocycles. The van der Waals surface area contributed by atoms with Crippen molar-refractivity contribution in [2.75, 3.05) is 24.6 Å². The minimum Gasteiger partial charge on any atom is -0.395 e. The normalized spacial score (nSPS) is 10.8. The summed E-state index contributed by atoms with van der Waals surface area (Å²) in [5, 5.41) is 24.2. The average Bonchev–Trinajstić information content (AvgIpc) is 2.30. The molecule has 0 aromatic carbocycles. The fourth-order valence-corrected chi connectivity index (χ4v) is 1.71. The monoisotopic (exact) mass is 273 g/mol. The Labute approximate surface area is 109 Å². The average molecular weight is 273 g/mol. The fourth-order valence-electron chi connectivity index (χ4n) is 1.71. The number of aliphatic hydroxyl groups excluding tert-OH is 1. The van der Waals surface area contributed by atoms with E-state index in [9.17, 15) is 8.78 Å². The van der Waals surface area contributed by atoms with Crippen LogP contribution in [0.25, 0.3) is 0 Å². The van der Waals surface area contributed by atoms with Crippen molar-refractivity contribution in [1.29, 1.82) is 5.41 Å². The van der Waals surface area contributed by atoms with E-state index in [-0.39, 0.29) is 30.4 Å². The molecule has 1 aromatic heterocycles. The molecule has 0 radical (unpaired) electrons. The lowest BCUT2D eigenvalue weighted by molar-refractivity contribution is 0.152. The molecule has 0 amide bonds. The van der Waals surface area contributed by atoms with Crippen LogP contribution < -0.4 is 10.6 Å². The van der Waals surface area contributed by atoms with E-state index >= 15 is 0 Å². The van der Waals surface area contributed by atoms with E-state index in [1.54, 1.807) is 13.8 Å². The molecule has 8 heteroatoms. The van der Waals surface area contributed by atoms with E-state index in [0.717, 1.165) is 0 Å². The number of nitrogens with one attached hydrogen (secondary N) is 1. The van der Waals surface area contributed by atoms with Gasteiger partial charge in [0.1, 0.15) is 5.84 Å². The van der Waals surface area contributed by atoms with Crippen molar-refractivity contribution in [2.45, 2.75) is 20.3 Å². The van der Waals surface area contributed by atoms with Gasteiger partial charge in [-0.2, -0.15) is 5.10 Å². The Morgan fingerprint density at radius 1 is 1.42 bits per heavy atom. The standard InChI is InChI=1S/C11H17F2N5O/c1-6-7(2)16-17-11(9(6)10(14)15)18(3-4-19)5-8(12)13/h8,19H,3-5H2,1-2H3,(H3,14,15). The van der Waals surface area contributed by atoms with Crippen molar-refractivity contribution in [3.8, 4) is 0 Å². The van der Waals surface area contributed by atoms with E-state index in [4.69, 9.17) is 16.2 Å². The second-order valence-corrected chi connectivity index (χ2v) is 4.08. The molecule has 1 rings (SSSR count). The molecule has 0 unspecified atom stereocenters. The topological polar surface area (TPSA) is 99.1 Å². The first-order valence-electron chi connectivity index (χ1n) is 5.70. The number of hydrogen-bond acceptors (Lipinski definition) is 5. The maximum atomic E-state index is 12.6. The fraction of sp³-hybridized carbons (Fsp3) is 0.545. The maximum Gasteiger partial charge on any atom is 0.255 e. The second-order valence-electron chi connectivity index (χ2n) is 4.08. The van der Waals surface area contributed by atoms with Gasteiger partial charge in [-0.1, -0.05) is 0 Å². The number of alkyl halides is 2. The number of nitrogen functional groups attached to an aromatic ring is 1. The Morgan fingerprint density at radius 3 is 2.53 bits per heavy atom. The number of hydrogen-bond donors (Lipinski definition) is 3. The lowest BCUT2D eigenvalue weighted by Crippen LogP contribution is -2.35. The van der Waals surface area contributed by atoms with Crippen molar-refractivity contribution in [3.63, 3.8) is 0 Å². The zero-order chi connectivity index (χ0) is 14.6. The Balaban J connectivity index is 3.29. The third-order valence-corrected chi connectivity index (χ3v) is 2.73. The van der Waals surface area contributed by atoms with Crippen LogP contribution in [0, 0.1) is 19.3 Å². The highest BCUT2D eigenvalue weighted by Gasteiger charge is 2.21. The summed E-state index contributed by atoms with van der Waals surface area (Å²) in [6.45, 7) is 2.46. The minimum absolute atomic E-state index is 0.0260. The highest BCUT2D eigenvalue weighted by atomic mass is 19.3. The highest BCUT2D eigenvalue weighted by molar-refractivity contribution is 6.01. The molecule has 0 spiro atoms.